The largest absolute Gasteiger partial charge is 0.492 e. The minimum Gasteiger partial charge on any atom is -0.492 e. The maximum absolute atomic E-state index is 5.83. The molecular weight excluding hydrogens is 200 g/mol. The van der Waals surface area contributed by atoms with Crippen LogP contribution in [0.2, 0.25) is 0 Å². The van der Waals surface area contributed by atoms with Crippen LogP contribution in [-0.4, -0.2) is 12.1 Å². The van der Waals surface area contributed by atoms with Gasteiger partial charge in [0.2, 0.25) is 0 Å². The molecule has 0 amide bonds. The maximum Gasteiger partial charge on any atom is 0.144 e. The fourth-order valence-electron chi connectivity index (χ4n) is 2.07. The summed E-state index contributed by atoms with van der Waals surface area (Å²) in [4.78, 5) is 0. The second-order valence-electron chi connectivity index (χ2n) is 4.72. The average Bonchev–Trinajstić information content (AvgIpc) is 2.21. The summed E-state index contributed by atoms with van der Waals surface area (Å²) in [5, 5.41) is 3.55. The average molecular weight is 220 g/mol. The van der Waals surface area contributed by atoms with Crippen molar-refractivity contribution in [2.24, 2.45) is 0 Å². The molecule has 88 valence electrons. The van der Waals surface area contributed by atoms with Crippen LogP contribution in [0.1, 0.15) is 33.1 Å². The lowest BCUT2D eigenvalue weighted by Gasteiger charge is -2.40. The molecule has 0 unspecified atom stereocenters. The minimum atomic E-state index is 0.263. The first-order valence-electron chi connectivity index (χ1n) is 5.93. The Morgan fingerprint density at radius 1 is 1.44 bits per heavy atom. The summed E-state index contributed by atoms with van der Waals surface area (Å²) in [6.45, 7) is 4.87. The Kier molecular flexibility index (Phi) is 2.95. The number of nitrogen functional groups attached to an aromatic ring is 1. The lowest BCUT2D eigenvalue weighted by Crippen LogP contribution is -2.41. The predicted molar refractivity (Wildman–Crippen MR) is 67.9 cm³/mol. The molecule has 0 spiro atoms. The number of hydrogen-bond donors (Lipinski definition) is 2. The van der Waals surface area contributed by atoms with Crippen LogP contribution in [0.3, 0.4) is 0 Å². The van der Waals surface area contributed by atoms with Gasteiger partial charge in [0, 0.05) is 17.3 Å². The molecule has 2 rings (SSSR count). The van der Waals surface area contributed by atoms with E-state index >= 15 is 0 Å². The zero-order valence-corrected chi connectivity index (χ0v) is 10.0. The fraction of sp³-hybridized carbons (Fsp3) is 0.538. The molecule has 3 nitrogen and oxygen atoms in total. The van der Waals surface area contributed by atoms with Crippen molar-refractivity contribution in [3.8, 4) is 5.75 Å². The van der Waals surface area contributed by atoms with Crippen molar-refractivity contribution < 1.29 is 4.74 Å². The molecule has 1 aliphatic rings. The van der Waals surface area contributed by atoms with E-state index in [2.05, 4.69) is 12.2 Å². The smallest absolute Gasteiger partial charge is 0.144 e. The molecule has 1 aromatic rings. The molecule has 0 heterocycles. The molecule has 3 N–H and O–H groups in total. The first kappa shape index (κ1) is 11.1. The number of hydrogen-bond acceptors (Lipinski definition) is 3. The van der Waals surface area contributed by atoms with E-state index in [1.807, 2.05) is 25.1 Å². The highest BCUT2D eigenvalue weighted by atomic mass is 16.5. The standard InChI is InChI=1S/C13H20N2O/c1-3-16-12-9-10(5-6-11(12)14)15-13(2)7-4-8-13/h5-6,9,15H,3-4,7-8,14H2,1-2H3. The summed E-state index contributed by atoms with van der Waals surface area (Å²) in [6.07, 6.45) is 3.79. The molecule has 1 saturated carbocycles. The van der Waals surface area contributed by atoms with Gasteiger partial charge in [-0.2, -0.15) is 0 Å². The SMILES string of the molecule is CCOc1cc(NC2(C)CCC2)ccc1N. The van der Waals surface area contributed by atoms with E-state index in [0.29, 0.717) is 12.3 Å². The number of anilines is 2. The third-order valence-corrected chi connectivity index (χ3v) is 3.22. The third kappa shape index (κ3) is 2.23. The quantitative estimate of drug-likeness (QED) is 0.767. The molecule has 0 atom stereocenters. The summed E-state index contributed by atoms with van der Waals surface area (Å²) in [7, 11) is 0. The van der Waals surface area contributed by atoms with Gasteiger partial charge >= 0.3 is 0 Å². The lowest BCUT2D eigenvalue weighted by molar-refractivity contribution is 0.306. The van der Waals surface area contributed by atoms with Crippen molar-refractivity contribution >= 4 is 11.4 Å². The van der Waals surface area contributed by atoms with Gasteiger partial charge < -0.3 is 15.8 Å². The Morgan fingerprint density at radius 2 is 2.19 bits per heavy atom. The predicted octanol–water partition coefficient (Wildman–Crippen LogP) is 3.02. The number of nitrogens with two attached hydrogens (primary N) is 1. The molecule has 1 aliphatic carbocycles. The first-order valence-corrected chi connectivity index (χ1v) is 5.93. The molecule has 0 aromatic heterocycles. The summed E-state index contributed by atoms with van der Waals surface area (Å²) >= 11 is 0. The normalized spacial score (nSPS) is 17.6. The van der Waals surface area contributed by atoms with Crippen LogP contribution in [0.25, 0.3) is 0 Å². The molecule has 0 aliphatic heterocycles. The van der Waals surface area contributed by atoms with Crippen molar-refractivity contribution in [2.45, 2.75) is 38.6 Å². The van der Waals surface area contributed by atoms with Crippen LogP contribution in [0, 0.1) is 0 Å². The van der Waals surface area contributed by atoms with Crippen molar-refractivity contribution in [2.75, 3.05) is 17.7 Å². The van der Waals surface area contributed by atoms with Crippen LogP contribution in [0.15, 0.2) is 18.2 Å². The van der Waals surface area contributed by atoms with E-state index in [9.17, 15) is 0 Å². The Hall–Kier alpha value is -1.38. The molecule has 0 saturated heterocycles. The van der Waals surface area contributed by atoms with Gasteiger partial charge in [0.25, 0.3) is 0 Å². The number of nitrogens with one attached hydrogen (secondary N) is 1. The summed E-state index contributed by atoms with van der Waals surface area (Å²) in [5.74, 6) is 0.774. The minimum absolute atomic E-state index is 0.263. The van der Waals surface area contributed by atoms with Gasteiger partial charge in [-0.05, 0) is 45.2 Å². The van der Waals surface area contributed by atoms with E-state index in [1.54, 1.807) is 0 Å². The lowest BCUT2D eigenvalue weighted by atomic mass is 9.78. The van der Waals surface area contributed by atoms with E-state index in [1.165, 1.54) is 19.3 Å². The highest BCUT2D eigenvalue weighted by molar-refractivity contribution is 5.62. The number of rotatable bonds is 4. The highest BCUT2D eigenvalue weighted by Crippen LogP contribution is 2.36. The van der Waals surface area contributed by atoms with Crippen molar-refractivity contribution in [3.05, 3.63) is 18.2 Å². The second kappa shape index (κ2) is 4.24. The molecule has 0 bridgehead atoms. The van der Waals surface area contributed by atoms with Gasteiger partial charge in [-0.15, -0.1) is 0 Å². The number of benzene rings is 1. The Labute approximate surface area is 97.0 Å². The monoisotopic (exact) mass is 220 g/mol. The van der Waals surface area contributed by atoms with Crippen LogP contribution in [0.4, 0.5) is 11.4 Å². The van der Waals surface area contributed by atoms with Crippen molar-refractivity contribution in [1.29, 1.82) is 0 Å². The fourth-order valence-corrected chi connectivity index (χ4v) is 2.07. The van der Waals surface area contributed by atoms with E-state index in [0.717, 1.165) is 11.4 Å². The Balaban J connectivity index is 2.12. The summed E-state index contributed by atoms with van der Waals surface area (Å²) < 4.78 is 5.48. The van der Waals surface area contributed by atoms with Crippen LogP contribution < -0.4 is 15.8 Å². The van der Waals surface area contributed by atoms with Gasteiger partial charge in [-0.1, -0.05) is 0 Å². The van der Waals surface area contributed by atoms with Crippen molar-refractivity contribution in [3.63, 3.8) is 0 Å². The molecule has 0 radical (unpaired) electrons. The molecule has 1 aromatic carbocycles. The first-order chi connectivity index (χ1) is 7.63. The van der Waals surface area contributed by atoms with Crippen LogP contribution in [0.5, 0.6) is 5.75 Å². The zero-order valence-electron chi connectivity index (χ0n) is 10.0. The molecule has 1 fully saturated rings. The second-order valence-corrected chi connectivity index (χ2v) is 4.72. The van der Waals surface area contributed by atoms with Gasteiger partial charge in [-0.25, -0.2) is 0 Å². The number of ether oxygens (including phenoxy) is 1. The van der Waals surface area contributed by atoms with Gasteiger partial charge in [0.15, 0.2) is 0 Å². The Morgan fingerprint density at radius 3 is 2.75 bits per heavy atom. The highest BCUT2D eigenvalue weighted by Gasteiger charge is 2.31. The zero-order chi connectivity index (χ0) is 11.6. The van der Waals surface area contributed by atoms with Crippen LogP contribution in [-0.2, 0) is 0 Å². The molecular formula is C13H20N2O. The van der Waals surface area contributed by atoms with Gasteiger partial charge in [0.05, 0.1) is 12.3 Å². The van der Waals surface area contributed by atoms with Crippen molar-refractivity contribution in [1.82, 2.24) is 0 Å². The maximum atomic E-state index is 5.83. The van der Waals surface area contributed by atoms with E-state index in [4.69, 9.17) is 10.5 Å². The van der Waals surface area contributed by atoms with E-state index in [-0.39, 0.29) is 5.54 Å². The van der Waals surface area contributed by atoms with E-state index < -0.39 is 0 Å². The Bertz CT molecular complexity index is 372. The van der Waals surface area contributed by atoms with Gasteiger partial charge in [-0.3, -0.25) is 0 Å². The van der Waals surface area contributed by atoms with Gasteiger partial charge in [0.1, 0.15) is 5.75 Å². The van der Waals surface area contributed by atoms with Crippen LogP contribution >= 0.6 is 0 Å². The summed E-state index contributed by atoms with van der Waals surface area (Å²) in [5.41, 5.74) is 7.89. The molecule has 16 heavy (non-hydrogen) atoms. The topological polar surface area (TPSA) is 47.3 Å². The molecule has 3 heteroatoms. The summed E-state index contributed by atoms with van der Waals surface area (Å²) in [6, 6.07) is 5.90. The third-order valence-electron chi connectivity index (χ3n) is 3.22.